The first kappa shape index (κ1) is 15.8. The molecule has 0 bridgehead atoms. The molecule has 1 unspecified atom stereocenters. The van der Waals surface area contributed by atoms with Gasteiger partial charge in [-0.25, -0.2) is 0 Å². The predicted octanol–water partition coefficient (Wildman–Crippen LogP) is 3.32. The standard InChI is InChI=1S/C14H22ClNOS/c1-11(2)16-14(3,9-17)10-18-8-12-4-6-13(15)7-5-12/h4-7,11,16-17H,8-10H2,1-3H3. The molecule has 0 amide bonds. The van der Waals surface area contributed by atoms with Gasteiger partial charge in [-0.05, 0) is 24.6 Å². The quantitative estimate of drug-likeness (QED) is 0.807. The topological polar surface area (TPSA) is 32.3 Å². The molecule has 1 atom stereocenters. The van der Waals surface area contributed by atoms with Crippen LogP contribution in [0.15, 0.2) is 24.3 Å². The first-order valence-corrected chi connectivity index (χ1v) is 7.69. The highest BCUT2D eigenvalue weighted by molar-refractivity contribution is 7.98. The Morgan fingerprint density at radius 2 is 1.94 bits per heavy atom. The molecule has 0 aliphatic heterocycles. The van der Waals surface area contributed by atoms with E-state index in [0.29, 0.717) is 6.04 Å². The fourth-order valence-electron chi connectivity index (χ4n) is 1.80. The summed E-state index contributed by atoms with van der Waals surface area (Å²) in [4.78, 5) is 0. The van der Waals surface area contributed by atoms with Gasteiger partial charge in [0.1, 0.15) is 0 Å². The summed E-state index contributed by atoms with van der Waals surface area (Å²) in [5, 5.41) is 13.7. The zero-order chi connectivity index (χ0) is 13.6. The van der Waals surface area contributed by atoms with Crippen LogP contribution in [0.1, 0.15) is 26.3 Å². The molecule has 2 N–H and O–H groups in total. The van der Waals surface area contributed by atoms with E-state index in [1.807, 2.05) is 36.0 Å². The SMILES string of the molecule is CC(C)NC(C)(CO)CSCc1ccc(Cl)cc1. The fourth-order valence-corrected chi connectivity index (χ4v) is 3.09. The Morgan fingerprint density at radius 1 is 1.33 bits per heavy atom. The van der Waals surface area contributed by atoms with E-state index >= 15 is 0 Å². The Labute approximate surface area is 119 Å². The number of halogens is 1. The van der Waals surface area contributed by atoms with Crippen LogP contribution in [-0.4, -0.2) is 29.0 Å². The van der Waals surface area contributed by atoms with Gasteiger partial charge in [-0.2, -0.15) is 11.8 Å². The summed E-state index contributed by atoms with van der Waals surface area (Å²) in [7, 11) is 0. The summed E-state index contributed by atoms with van der Waals surface area (Å²) in [6.07, 6.45) is 0. The van der Waals surface area contributed by atoms with E-state index in [4.69, 9.17) is 11.6 Å². The van der Waals surface area contributed by atoms with Gasteiger partial charge in [-0.1, -0.05) is 37.6 Å². The number of hydrogen-bond donors (Lipinski definition) is 2. The van der Waals surface area contributed by atoms with E-state index in [1.54, 1.807) is 0 Å². The van der Waals surface area contributed by atoms with Crippen molar-refractivity contribution < 1.29 is 5.11 Å². The van der Waals surface area contributed by atoms with Gasteiger partial charge in [0.05, 0.1) is 6.61 Å². The van der Waals surface area contributed by atoms with Crippen molar-refractivity contribution in [1.82, 2.24) is 5.32 Å². The molecule has 1 aromatic rings. The summed E-state index contributed by atoms with van der Waals surface area (Å²) in [6, 6.07) is 8.28. The maximum absolute atomic E-state index is 9.47. The van der Waals surface area contributed by atoms with Gasteiger partial charge >= 0.3 is 0 Å². The third-order valence-electron chi connectivity index (χ3n) is 2.59. The lowest BCUT2D eigenvalue weighted by Gasteiger charge is -2.30. The van der Waals surface area contributed by atoms with Crippen LogP contribution in [-0.2, 0) is 5.75 Å². The first-order chi connectivity index (χ1) is 8.45. The summed E-state index contributed by atoms with van der Waals surface area (Å²) in [5.41, 5.74) is 1.04. The highest BCUT2D eigenvalue weighted by atomic mass is 35.5. The second-order valence-corrected chi connectivity index (χ2v) is 6.56. The summed E-state index contributed by atoms with van der Waals surface area (Å²) >= 11 is 7.67. The largest absolute Gasteiger partial charge is 0.394 e. The number of thioether (sulfide) groups is 1. The van der Waals surface area contributed by atoms with E-state index in [1.165, 1.54) is 5.56 Å². The highest BCUT2D eigenvalue weighted by Crippen LogP contribution is 2.19. The van der Waals surface area contributed by atoms with Crippen molar-refractivity contribution in [3.8, 4) is 0 Å². The molecule has 0 radical (unpaired) electrons. The molecule has 0 spiro atoms. The monoisotopic (exact) mass is 287 g/mol. The second kappa shape index (κ2) is 7.39. The summed E-state index contributed by atoms with van der Waals surface area (Å²) < 4.78 is 0. The smallest absolute Gasteiger partial charge is 0.0618 e. The minimum atomic E-state index is -0.217. The van der Waals surface area contributed by atoms with Gasteiger partial charge in [0.15, 0.2) is 0 Å². The first-order valence-electron chi connectivity index (χ1n) is 6.16. The Kier molecular flexibility index (Phi) is 6.50. The lowest BCUT2D eigenvalue weighted by Crippen LogP contribution is -2.51. The van der Waals surface area contributed by atoms with Gasteiger partial charge in [-0.15, -0.1) is 0 Å². The van der Waals surface area contributed by atoms with E-state index in [-0.39, 0.29) is 12.1 Å². The van der Waals surface area contributed by atoms with Gasteiger partial charge in [0.25, 0.3) is 0 Å². The van der Waals surface area contributed by atoms with E-state index < -0.39 is 0 Å². The van der Waals surface area contributed by atoms with Gasteiger partial charge in [0.2, 0.25) is 0 Å². The Hall–Kier alpha value is -0.220. The lowest BCUT2D eigenvalue weighted by molar-refractivity contribution is 0.183. The number of aliphatic hydroxyl groups excluding tert-OH is 1. The van der Waals surface area contributed by atoms with Gasteiger partial charge in [0, 0.05) is 28.1 Å². The van der Waals surface area contributed by atoms with Crippen LogP contribution in [0, 0.1) is 0 Å². The van der Waals surface area contributed by atoms with Crippen molar-refractivity contribution in [2.45, 2.75) is 38.1 Å². The molecule has 0 aromatic heterocycles. The Bertz CT molecular complexity index is 355. The second-order valence-electron chi connectivity index (χ2n) is 5.14. The number of hydrogen-bond acceptors (Lipinski definition) is 3. The Morgan fingerprint density at radius 3 is 2.44 bits per heavy atom. The average Bonchev–Trinajstić information content (AvgIpc) is 2.31. The molecule has 1 aromatic carbocycles. The number of benzene rings is 1. The molecule has 2 nitrogen and oxygen atoms in total. The normalized spacial score (nSPS) is 14.8. The van der Waals surface area contributed by atoms with Crippen molar-refractivity contribution in [1.29, 1.82) is 0 Å². The maximum atomic E-state index is 9.47. The third kappa shape index (κ3) is 5.61. The number of nitrogens with one attached hydrogen (secondary N) is 1. The number of aliphatic hydroxyl groups is 1. The fraction of sp³-hybridized carbons (Fsp3) is 0.571. The molecule has 102 valence electrons. The maximum Gasteiger partial charge on any atom is 0.0618 e. The summed E-state index contributed by atoms with van der Waals surface area (Å²) in [5.74, 6) is 1.82. The number of rotatable bonds is 7. The van der Waals surface area contributed by atoms with E-state index in [9.17, 15) is 5.11 Å². The summed E-state index contributed by atoms with van der Waals surface area (Å²) in [6.45, 7) is 6.40. The molecular formula is C14H22ClNOS. The van der Waals surface area contributed by atoms with Crippen molar-refractivity contribution in [2.75, 3.05) is 12.4 Å². The zero-order valence-corrected chi connectivity index (χ0v) is 12.8. The minimum Gasteiger partial charge on any atom is -0.394 e. The molecule has 0 aliphatic rings. The average molecular weight is 288 g/mol. The van der Waals surface area contributed by atoms with Crippen LogP contribution in [0.3, 0.4) is 0 Å². The molecule has 18 heavy (non-hydrogen) atoms. The Balaban J connectivity index is 2.41. The van der Waals surface area contributed by atoms with Crippen molar-refractivity contribution in [3.63, 3.8) is 0 Å². The van der Waals surface area contributed by atoms with Crippen LogP contribution in [0.4, 0.5) is 0 Å². The van der Waals surface area contributed by atoms with Crippen LogP contribution in [0.25, 0.3) is 0 Å². The zero-order valence-electron chi connectivity index (χ0n) is 11.2. The van der Waals surface area contributed by atoms with Crippen LogP contribution >= 0.6 is 23.4 Å². The van der Waals surface area contributed by atoms with Crippen LogP contribution in [0.5, 0.6) is 0 Å². The van der Waals surface area contributed by atoms with Crippen molar-refractivity contribution in [2.24, 2.45) is 0 Å². The molecule has 0 fully saturated rings. The molecule has 1 rings (SSSR count). The van der Waals surface area contributed by atoms with E-state index in [0.717, 1.165) is 16.5 Å². The third-order valence-corrected chi connectivity index (χ3v) is 4.22. The molecule has 4 heteroatoms. The van der Waals surface area contributed by atoms with Gasteiger partial charge < -0.3 is 10.4 Å². The molecule has 0 aliphatic carbocycles. The predicted molar refractivity (Wildman–Crippen MR) is 81.4 cm³/mol. The molecular weight excluding hydrogens is 266 g/mol. The molecule has 0 saturated heterocycles. The van der Waals surface area contributed by atoms with Crippen molar-refractivity contribution in [3.05, 3.63) is 34.9 Å². The van der Waals surface area contributed by atoms with Crippen molar-refractivity contribution >= 4 is 23.4 Å². The van der Waals surface area contributed by atoms with Crippen LogP contribution in [0.2, 0.25) is 5.02 Å². The minimum absolute atomic E-state index is 0.152. The van der Waals surface area contributed by atoms with E-state index in [2.05, 4.69) is 26.1 Å². The highest BCUT2D eigenvalue weighted by Gasteiger charge is 2.23. The molecule has 0 saturated carbocycles. The lowest BCUT2D eigenvalue weighted by atomic mass is 10.1. The van der Waals surface area contributed by atoms with Crippen LogP contribution < -0.4 is 5.32 Å². The molecule has 0 heterocycles. The van der Waals surface area contributed by atoms with Gasteiger partial charge in [-0.3, -0.25) is 0 Å².